The first-order valence-corrected chi connectivity index (χ1v) is 2.40. The molecule has 0 saturated heterocycles. The molecule has 6 heteroatoms. The van der Waals surface area contributed by atoms with E-state index in [0.29, 0.717) is 0 Å². The molecule has 7 heavy (non-hydrogen) atoms. The second kappa shape index (κ2) is 10.2. The van der Waals surface area contributed by atoms with Crippen LogP contribution in [0.3, 0.4) is 0 Å². The molecule has 0 aliphatic rings. The van der Waals surface area contributed by atoms with Gasteiger partial charge in [-0.25, -0.2) is 0 Å². The average Bonchev–Trinajstić information content (AvgIpc) is 1.38. The molecule has 0 aromatic heterocycles. The first kappa shape index (κ1) is 15.7. The van der Waals surface area contributed by atoms with Gasteiger partial charge in [-0.05, 0) is 0 Å². The molecule has 0 heterocycles. The largest absolute Gasteiger partial charge is 1.00 e. The van der Waals surface area contributed by atoms with Crippen molar-refractivity contribution < 1.29 is 47.6 Å². The van der Waals surface area contributed by atoms with Gasteiger partial charge in [0.15, 0.2) is 0 Å². The van der Waals surface area contributed by atoms with Crippen molar-refractivity contribution in [3.63, 3.8) is 0 Å². The predicted octanol–water partition coefficient (Wildman–Crippen LogP) is -5.39. The molecule has 3 radical (unpaired) electrons. The quantitative estimate of drug-likeness (QED) is 0.419. The van der Waals surface area contributed by atoms with Crippen LogP contribution in [0.5, 0.6) is 0 Å². The zero-order valence-corrected chi connectivity index (χ0v) is 9.61. The number of hydrogen-bond acceptors (Lipinski definition) is 3. The van der Waals surface area contributed by atoms with Crippen LogP contribution < -0.4 is 34.7 Å². The topological polar surface area (TPSA) is 80.9 Å². The van der Waals surface area contributed by atoms with Crippen LogP contribution in [0, 0.1) is 0 Å². The van der Waals surface area contributed by atoms with Gasteiger partial charge in [0, 0.05) is 0 Å². The Hall–Kier alpha value is 1.15. The second-order valence-electron chi connectivity index (χ2n) is 0.352. The van der Waals surface area contributed by atoms with Gasteiger partial charge in [-0.15, -0.1) is 0 Å². The van der Waals surface area contributed by atoms with E-state index < -0.39 is 6.16 Å². The Morgan fingerprint density at radius 3 is 1.86 bits per heavy atom. The van der Waals surface area contributed by atoms with E-state index in [4.69, 9.17) is 9.90 Å². The van der Waals surface area contributed by atoms with Crippen molar-refractivity contribution in [3.8, 4) is 0 Å². The molecule has 0 amide bonds. The molecule has 0 aliphatic heterocycles. The molecule has 2 N–H and O–H groups in total. The average molecular weight is 308 g/mol. The van der Waals surface area contributed by atoms with Crippen molar-refractivity contribution >= 4 is 32.4 Å². The fraction of sp³-hybridized carbons (Fsp3) is 0. The van der Waals surface area contributed by atoms with Crippen LogP contribution in [-0.4, -0.2) is 37.9 Å². The van der Waals surface area contributed by atoms with Crippen molar-refractivity contribution in [3.05, 3.63) is 0 Å². The first-order valence-electron chi connectivity index (χ1n) is 0.816. The minimum atomic E-state index is -1.43. The van der Waals surface area contributed by atoms with Gasteiger partial charge in [-0.2, -0.15) is 0 Å². The smallest absolute Gasteiger partial charge is 1.00 e. The van der Waals surface area contributed by atoms with Crippen LogP contribution in [0.25, 0.3) is 0 Å². The third-order valence-corrected chi connectivity index (χ3v) is 0.731. The van der Waals surface area contributed by atoms with Crippen molar-refractivity contribution in [2.45, 2.75) is 0 Å². The summed E-state index contributed by atoms with van der Waals surface area (Å²) in [4.78, 5) is 9.07. The fourth-order valence-electron chi connectivity index (χ4n) is 0. The molecular weight excluding hydrogens is 306 g/mol. The van der Waals surface area contributed by atoms with Gasteiger partial charge in [-0.3, -0.25) is 0 Å². The molecule has 0 bridgehead atoms. The zero-order valence-electron chi connectivity index (χ0n) is 3.72. The summed E-state index contributed by atoms with van der Waals surface area (Å²) in [6.07, 6.45) is -1.43. The van der Waals surface area contributed by atoms with Crippen molar-refractivity contribution in [1.82, 2.24) is 0 Å². The number of carbonyl (C=O) groups is 1. The number of carboxylic acid groups (broad SMARTS) is 1. The van der Waals surface area contributed by atoms with Gasteiger partial charge in [0.25, 0.3) is 0 Å². The molecule has 0 unspecified atom stereocenters. The van der Waals surface area contributed by atoms with E-state index in [0.717, 1.165) is 0 Å². The molecule has 0 aliphatic carbocycles. The number of rotatable bonds is 0. The zero-order chi connectivity index (χ0) is 4.28. The molecule has 0 spiro atoms. The van der Waals surface area contributed by atoms with E-state index in [1.807, 2.05) is 0 Å². The Bertz CT molecular complexity index is 47.0. The maximum absolute atomic E-state index is 9.07. The Morgan fingerprint density at radius 1 is 1.71 bits per heavy atom. The van der Waals surface area contributed by atoms with E-state index in [2.05, 4.69) is 2.69 Å². The summed E-state index contributed by atoms with van der Waals surface area (Å²) < 4.78 is 3.69. The van der Waals surface area contributed by atoms with Crippen LogP contribution >= 0.6 is 0 Å². The van der Waals surface area contributed by atoms with Gasteiger partial charge in [0.05, 0.1) is 0 Å². The Morgan fingerprint density at radius 2 is 1.86 bits per heavy atom. The summed E-state index contributed by atoms with van der Waals surface area (Å²) in [5, 5.41) is 9.07. The van der Waals surface area contributed by atoms with Crippen LogP contribution in [0.4, 0.5) is 4.79 Å². The monoisotopic (exact) mass is 309 g/mol. The number of carbonyl (C=O) groups excluding carboxylic acids is 1. The molecule has 0 fully saturated rings. The standard InChI is InChI=1S/CH2O3.Na.H2O.Pb/c2-1(3)4;;;/h(H2,2,3,4);;1H2;/q;+1;;+1/p-2. The maximum atomic E-state index is 9.07. The Balaban J connectivity index is -0.0000000800. The van der Waals surface area contributed by atoms with Crippen LogP contribution in [-0.2, 0) is 2.69 Å². The molecule has 0 atom stereocenters. The van der Waals surface area contributed by atoms with Gasteiger partial charge in [-0.1, -0.05) is 0 Å². The predicted molar refractivity (Wildman–Crippen MR) is 15.8 cm³/mol. The molecule has 35 valence electrons. The van der Waals surface area contributed by atoms with E-state index in [-0.39, 0.29) is 61.3 Å². The van der Waals surface area contributed by atoms with Gasteiger partial charge in [0.2, 0.25) is 0 Å². The summed E-state index contributed by atoms with van der Waals surface area (Å²) >= 11 is 0.211. The summed E-state index contributed by atoms with van der Waals surface area (Å²) in [5.74, 6) is 0. The maximum Gasteiger partial charge on any atom is 1.00 e. The number of hydrogen-bond donors (Lipinski definition) is 0. The second-order valence-corrected chi connectivity index (χ2v) is 1.15. The van der Waals surface area contributed by atoms with Crippen molar-refractivity contribution in [2.75, 3.05) is 0 Å². The van der Waals surface area contributed by atoms with Crippen molar-refractivity contribution in [2.24, 2.45) is 0 Å². The minimum Gasteiger partial charge on any atom is 1.00 e. The molecule has 0 aromatic rings. The summed E-state index contributed by atoms with van der Waals surface area (Å²) in [5.41, 5.74) is 0. The fourth-order valence-corrected chi connectivity index (χ4v) is 0. The van der Waals surface area contributed by atoms with Gasteiger partial charge >= 0.3 is 74.5 Å². The molecule has 0 saturated carbocycles. The normalized spacial score (nSPS) is 4.71. The molecular formula is CH2NaO4Pb. The summed E-state index contributed by atoms with van der Waals surface area (Å²) in [6.45, 7) is 0. The van der Waals surface area contributed by atoms with E-state index in [9.17, 15) is 0 Å². The third kappa shape index (κ3) is 19.1. The van der Waals surface area contributed by atoms with Crippen LogP contribution in [0.15, 0.2) is 0 Å². The van der Waals surface area contributed by atoms with Crippen LogP contribution in [0.2, 0.25) is 0 Å². The molecule has 4 nitrogen and oxygen atoms in total. The van der Waals surface area contributed by atoms with Gasteiger partial charge in [0.1, 0.15) is 0 Å². The Kier molecular flexibility index (Phi) is 22.9. The summed E-state index contributed by atoms with van der Waals surface area (Å²) in [7, 11) is 0. The SMILES string of the molecule is O.O=C([O-])[O][Pb].[Na+]. The summed E-state index contributed by atoms with van der Waals surface area (Å²) in [6, 6.07) is 0. The third-order valence-electron chi connectivity index (χ3n) is 0.0833. The first-order chi connectivity index (χ1) is 2.27. The minimum absolute atomic E-state index is 0. The van der Waals surface area contributed by atoms with E-state index in [1.54, 1.807) is 0 Å². The van der Waals surface area contributed by atoms with E-state index in [1.165, 1.54) is 0 Å². The van der Waals surface area contributed by atoms with Gasteiger partial charge < -0.3 is 5.48 Å². The van der Waals surface area contributed by atoms with Crippen LogP contribution in [0.1, 0.15) is 0 Å². The molecule has 0 rings (SSSR count). The van der Waals surface area contributed by atoms with E-state index >= 15 is 0 Å². The Labute approximate surface area is 79.2 Å². The van der Waals surface area contributed by atoms with Crippen molar-refractivity contribution in [1.29, 1.82) is 0 Å². The molecule has 0 aromatic carbocycles.